The van der Waals surface area contributed by atoms with Crippen LogP contribution in [0, 0.1) is 20.8 Å². The number of esters is 1. The molecule has 0 aliphatic rings. The average molecular weight is 339 g/mol. The minimum Gasteiger partial charge on any atom is -0.460 e. The van der Waals surface area contributed by atoms with Gasteiger partial charge in [-0.3, -0.25) is 4.79 Å². The smallest absolute Gasteiger partial charge is 0.338 e. The summed E-state index contributed by atoms with van der Waals surface area (Å²) in [5.41, 5.74) is 4.90. The van der Waals surface area contributed by atoms with E-state index in [0.29, 0.717) is 24.9 Å². The number of nitrogens with one attached hydrogen (secondary N) is 1. The molecule has 1 N–H and O–H groups in total. The van der Waals surface area contributed by atoms with Crippen molar-refractivity contribution in [2.24, 2.45) is 0 Å². The minimum absolute atomic E-state index is 0.0386. The Morgan fingerprint density at radius 1 is 1.00 bits per heavy atom. The van der Waals surface area contributed by atoms with Gasteiger partial charge in [0.15, 0.2) is 0 Å². The van der Waals surface area contributed by atoms with Crippen molar-refractivity contribution in [3.63, 3.8) is 0 Å². The van der Waals surface area contributed by atoms with Crippen LogP contribution in [0.3, 0.4) is 0 Å². The van der Waals surface area contributed by atoms with E-state index in [1.165, 1.54) is 5.56 Å². The molecule has 0 aliphatic carbocycles. The highest BCUT2D eigenvalue weighted by Gasteiger charge is 2.11. The largest absolute Gasteiger partial charge is 0.460 e. The van der Waals surface area contributed by atoms with E-state index >= 15 is 0 Å². The number of amides is 1. The van der Waals surface area contributed by atoms with E-state index in [1.807, 2.05) is 57.2 Å². The fourth-order valence-electron chi connectivity index (χ4n) is 2.49. The molecule has 2 rings (SSSR count). The SMILES string of the molecule is Cc1ccc(CCC(=O)NCCOC(=O)c2cccc(C)c2C)cc1. The fourth-order valence-corrected chi connectivity index (χ4v) is 2.49. The topological polar surface area (TPSA) is 55.4 Å². The summed E-state index contributed by atoms with van der Waals surface area (Å²) in [6.07, 6.45) is 1.13. The molecule has 0 spiro atoms. The van der Waals surface area contributed by atoms with E-state index < -0.39 is 0 Å². The second-order valence-corrected chi connectivity index (χ2v) is 6.22. The highest BCUT2D eigenvalue weighted by atomic mass is 16.5. The van der Waals surface area contributed by atoms with Gasteiger partial charge in [0.2, 0.25) is 5.91 Å². The van der Waals surface area contributed by atoms with Gasteiger partial charge in [0.1, 0.15) is 6.61 Å². The minimum atomic E-state index is -0.352. The number of aryl methyl sites for hydroxylation is 3. The average Bonchev–Trinajstić information content (AvgIpc) is 2.60. The standard InChI is InChI=1S/C21H25NO3/c1-15-7-9-18(10-8-15)11-12-20(23)22-13-14-25-21(24)19-6-4-5-16(2)17(19)3/h4-10H,11-14H2,1-3H3,(H,22,23). The second kappa shape index (κ2) is 9.02. The molecule has 2 aromatic carbocycles. The van der Waals surface area contributed by atoms with Crippen LogP contribution >= 0.6 is 0 Å². The maximum absolute atomic E-state index is 12.1. The number of carbonyl (C=O) groups is 2. The van der Waals surface area contributed by atoms with E-state index in [-0.39, 0.29) is 18.5 Å². The Morgan fingerprint density at radius 3 is 2.44 bits per heavy atom. The second-order valence-electron chi connectivity index (χ2n) is 6.22. The molecule has 0 saturated carbocycles. The highest BCUT2D eigenvalue weighted by molar-refractivity contribution is 5.91. The van der Waals surface area contributed by atoms with Crippen molar-refractivity contribution < 1.29 is 14.3 Å². The lowest BCUT2D eigenvalue weighted by atomic mass is 10.0. The van der Waals surface area contributed by atoms with E-state index in [9.17, 15) is 9.59 Å². The Bertz CT molecular complexity index is 735. The van der Waals surface area contributed by atoms with Crippen LogP contribution in [0.2, 0.25) is 0 Å². The lowest BCUT2D eigenvalue weighted by Gasteiger charge is -2.09. The summed E-state index contributed by atoms with van der Waals surface area (Å²) in [6, 6.07) is 13.7. The number of ether oxygens (including phenoxy) is 1. The van der Waals surface area contributed by atoms with Gasteiger partial charge in [0.25, 0.3) is 0 Å². The fraction of sp³-hybridized carbons (Fsp3) is 0.333. The molecule has 4 nitrogen and oxygen atoms in total. The van der Waals surface area contributed by atoms with Gasteiger partial charge in [-0.1, -0.05) is 42.0 Å². The first-order valence-corrected chi connectivity index (χ1v) is 8.53. The number of hydrogen-bond donors (Lipinski definition) is 1. The summed E-state index contributed by atoms with van der Waals surface area (Å²) >= 11 is 0. The van der Waals surface area contributed by atoms with Crippen LogP contribution in [0.1, 0.15) is 39.0 Å². The number of benzene rings is 2. The number of hydrogen-bond acceptors (Lipinski definition) is 3. The molecule has 0 saturated heterocycles. The van der Waals surface area contributed by atoms with Crippen molar-refractivity contribution in [3.05, 3.63) is 70.3 Å². The van der Waals surface area contributed by atoms with Crippen molar-refractivity contribution >= 4 is 11.9 Å². The van der Waals surface area contributed by atoms with Crippen molar-refractivity contribution in [2.75, 3.05) is 13.2 Å². The summed E-state index contributed by atoms with van der Waals surface area (Å²) in [5.74, 6) is -0.390. The molecule has 0 bridgehead atoms. The molecular weight excluding hydrogens is 314 g/mol. The maximum Gasteiger partial charge on any atom is 0.338 e. The Balaban J connectivity index is 1.68. The van der Waals surface area contributed by atoms with Crippen LogP contribution in [-0.4, -0.2) is 25.0 Å². The molecule has 0 atom stereocenters. The Morgan fingerprint density at radius 2 is 1.72 bits per heavy atom. The molecule has 0 aromatic heterocycles. The van der Waals surface area contributed by atoms with Gasteiger partial charge in [-0.15, -0.1) is 0 Å². The molecule has 0 unspecified atom stereocenters. The number of carbonyl (C=O) groups excluding carboxylic acids is 2. The Kier molecular flexibility index (Phi) is 6.75. The lowest BCUT2D eigenvalue weighted by Crippen LogP contribution is -2.28. The summed E-state index contributed by atoms with van der Waals surface area (Å²) < 4.78 is 5.24. The lowest BCUT2D eigenvalue weighted by molar-refractivity contribution is -0.121. The van der Waals surface area contributed by atoms with Gasteiger partial charge >= 0.3 is 5.97 Å². The van der Waals surface area contributed by atoms with Gasteiger partial charge in [-0.05, 0) is 49.9 Å². The monoisotopic (exact) mass is 339 g/mol. The molecular formula is C21H25NO3. The van der Waals surface area contributed by atoms with E-state index in [0.717, 1.165) is 16.7 Å². The first-order chi connectivity index (χ1) is 12.0. The summed E-state index contributed by atoms with van der Waals surface area (Å²) in [7, 11) is 0. The van der Waals surface area contributed by atoms with Gasteiger partial charge in [-0.2, -0.15) is 0 Å². The Hall–Kier alpha value is -2.62. The molecule has 0 radical (unpaired) electrons. The zero-order valence-corrected chi connectivity index (χ0v) is 15.1. The molecule has 4 heteroatoms. The predicted octanol–water partition coefficient (Wildman–Crippen LogP) is 3.52. The molecule has 0 fully saturated rings. The Labute approximate surface area is 149 Å². The number of rotatable bonds is 7. The van der Waals surface area contributed by atoms with Crippen molar-refractivity contribution in [1.29, 1.82) is 0 Å². The molecule has 132 valence electrons. The van der Waals surface area contributed by atoms with Crippen LogP contribution in [0.15, 0.2) is 42.5 Å². The van der Waals surface area contributed by atoms with Crippen molar-refractivity contribution in [2.45, 2.75) is 33.6 Å². The third kappa shape index (κ3) is 5.75. The molecule has 25 heavy (non-hydrogen) atoms. The van der Waals surface area contributed by atoms with E-state index in [2.05, 4.69) is 5.32 Å². The van der Waals surface area contributed by atoms with Crippen LogP contribution < -0.4 is 5.32 Å². The third-order valence-electron chi connectivity index (χ3n) is 4.24. The maximum atomic E-state index is 12.1. The zero-order valence-electron chi connectivity index (χ0n) is 15.1. The van der Waals surface area contributed by atoms with Crippen molar-refractivity contribution in [1.82, 2.24) is 5.32 Å². The first kappa shape index (κ1) is 18.7. The normalized spacial score (nSPS) is 10.4. The van der Waals surface area contributed by atoms with Crippen LogP contribution in [0.5, 0.6) is 0 Å². The molecule has 0 aliphatic heterocycles. The quantitative estimate of drug-likeness (QED) is 0.620. The molecule has 2 aromatic rings. The molecule has 1 amide bonds. The van der Waals surface area contributed by atoms with Gasteiger partial charge in [0.05, 0.1) is 12.1 Å². The van der Waals surface area contributed by atoms with Gasteiger partial charge in [0, 0.05) is 6.42 Å². The predicted molar refractivity (Wildman–Crippen MR) is 98.7 cm³/mol. The van der Waals surface area contributed by atoms with Gasteiger partial charge < -0.3 is 10.1 Å². The summed E-state index contributed by atoms with van der Waals surface area (Å²) in [5, 5.41) is 2.78. The van der Waals surface area contributed by atoms with Crippen LogP contribution in [0.25, 0.3) is 0 Å². The third-order valence-corrected chi connectivity index (χ3v) is 4.24. The highest BCUT2D eigenvalue weighted by Crippen LogP contribution is 2.13. The van der Waals surface area contributed by atoms with Crippen LogP contribution in [0.4, 0.5) is 0 Å². The first-order valence-electron chi connectivity index (χ1n) is 8.53. The summed E-state index contributed by atoms with van der Waals surface area (Å²) in [6.45, 7) is 6.39. The van der Waals surface area contributed by atoms with E-state index in [1.54, 1.807) is 6.07 Å². The molecule has 0 heterocycles. The zero-order chi connectivity index (χ0) is 18.2. The van der Waals surface area contributed by atoms with E-state index in [4.69, 9.17) is 4.74 Å². The van der Waals surface area contributed by atoms with Gasteiger partial charge in [-0.25, -0.2) is 4.79 Å². The van der Waals surface area contributed by atoms with Crippen LogP contribution in [-0.2, 0) is 16.0 Å². The van der Waals surface area contributed by atoms with Crippen molar-refractivity contribution in [3.8, 4) is 0 Å². The summed E-state index contributed by atoms with van der Waals surface area (Å²) in [4.78, 5) is 23.9.